The number of nitrogens with two attached hydrogens (primary N) is 1. The van der Waals surface area contributed by atoms with Crippen LogP contribution in [0, 0.1) is 0 Å². The molecule has 0 spiro atoms. The molecule has 2 aromatic rings. The molecule has 4 N–H and O–H groups in total. The van der Waals surface area contributed by atoms with Gasteiger partial charge >= 0.3 is 0 Å². The van der Waals surface area contributed by atoms with Crippen LogP contribution < -0.4 is 11.1 Å². The lowest BCUT2D eigenvalue weighted by atomic mass is 10.2. The SMILES string of the molecule is Nc1nc(-c2ccco2)ncc1C(=O)NCCCO. The quantitative estimate of drug-likeness (QED) is 0.673. The van der Waals surface area contributed by atoms with Gasteiger partial charge in [0.15, 0.2) is 11.6 Å². The van der Waals surface area contributed by atoms with E-state index in [4.69, 9.17) is 15.3 Å². The first kappa shape index (κ1) is 13.0. The van der Waals surface area contributed by atoms with Crippen LogP contribution in [0.4, 0.5) is 5.82 Å². The van der Waals surface area contributed by atoms with E-state index in [1.54, 1.807) is 12.1 Å². The number of nitrogens with one attached hydrogen (secondary N) is 1. The molecule has 0 saturated heterocycles. The van der Waals surface area contributed by atoms with Crippen LogP contribution in [0.15, 0.2) is 29.0 Å². The van der Waals surface area contributed by atoms with Gasteiger partial charge in [-0.25, -0.2) is 9.97 Å². The highest BCUT2D eigenvalue weighted by Crippen LogP contribution is 2.17. The molecule has 0 radical (unpaired) electrons. The molecule has 0 aliphatic heterocycles. The molecule has 0 aromatic carbocycles. The van der Waals surface area contributed by atoms with Crippen molar-refractivity contribution in [3.05, 3.63) is 30.2 Å². The van der Waals surface area contributed by atoms with Crippen molar-refractivity contribution >= 4 is 11.7 Å². The van der Waals surface area contributed by atoms with Crippen molar-refractivity contribution in [2.45, 2.75) is 6.42 Å². The van der Waals surface area contributed by atoms with E-state index in [0.717, 1.165) is 0 Å². The summed E-state index contributed by atoms with van der Waals surface area (Å²) in [7, 11) is 0. The van der Waals surface area contributed by atoms with Gasteiger partial charge in [-0.15, -0.1) is 0 Å². The molecule has 0 unspecified atom stereocenters. The standard InChI is InChI=1S/C12H14N4O3/c13-10-8(12(18)14-4-2-5-17)7-15-11(16-10)9-3-1-6-19-9/h1,3,6-7,17H,2,4-5H2,(H,14,18)(H2,13,15,16). The molecule has 1 amide bonds. The Labute approximate surface area is 109 Å². The summed E-state index contributed by atoms with van der Waals surface area (Å²) < 4.78 is 5.15. The van der Waals surface area contributed by atoms with E-state index in [2.05, 4.69) is 15.3 Å². The zero-order chi connectivity index (χ0) is 13.7. The molecule has 0 atom stereocenters. The molecule has 7 nitrogen and oxygen atoms in total. The van der Waals surface area contributed by atoms with Gasteiger partial charge in [0, 0.05) is 19.3 Å². The Balaban J connectivity index is 2.13. The highest BCUT2D eigenvalue weighted by molar-refractivity contribution is 5.98. The first-order valence-electron chi connectivity index (χ1n) is 5.78. The van der Waals surface area contributed by atoms with Crippen LogP contribution in [0.1, 0.15) is 16.8 Å². The van der Waals surface area contributed by atoms with Crippen LogP contribution >= 0.6 is 0 Å². The highest BCUT2D eigenvalue weighted by atomic mass is 16.3. The zero-order valence-electron chi connectivity index (χ0n) is 10.2. The molecular formula is C12H14N4O3. The minimum atomic E-state index is -0.364. The van der Waals surface area contributed by atoms with E-state index < -0.39 is 0 Å². The number of amides is 1. The van der Waals surface area contributed by atoms with Crippen LogP contribution in [-0.2, 0) is 0 Å². The van der Waals surface area contributed by atoms with Gasteiger partial charge in [0.25, 0.3) is 5.91 Å². The average Bonchev–Trinajstić information content (AvgIpc) is 2.92. The van der Waals surface area contributed by atoms with Gasteiger partial charge in [0.2, 0.25) is 0 Å². The van der Waals surface area contributed by atoms with Crippen molar-refractivity contribution in [3.8, 4) is 11.6 Å². The van der Waals surface area contributed by atoms with E-state index in [0.29, 0.717) is 24.6 Å². The van der Waals surface area contributed by atoms with Gasteiger partial charge < -0.3 is 20.6 Å². The van der Waals surface area contributed by atoms with Gasteiger partial charge in [0.1, 0.15) is 5.82 Å². The third-order valence-corrected chi connectivity index (χ3v) is 2.42. The van der Waals surface area contributed by atoms with Crippen molar-refractivity contribution in [1.82, 2.24) is 15.3 Å². The van der Waals surface area contributed by atoms with Crippen molar-refractivity contribution in [2.24, 2.45) is 0 Å². The first-order chi connectivity index (χ1) is 9.22. The van der Waals surface area contributed by atoms with E-state index in [9.17, 15) is 4.79 Å². The number of nitrogens with zero attached hydrogens (tertiary/aromatic N) is 2. The van der Waals surface area contributed by atoms with Gasteiger partial charge in [-0.05, 0) is 18.6 Å². The molecule has 0 aliphatic rings. The predicted molar refractivity (Wildman–Crippen MR) is 68.2 cm³/mol. The first-order valence-corrected chi connectivity index (χ1v) is 5.78. The number of anilines is 1. The molecule has 2 aromatic heterocycles. The average molecular weight is 262 g/mol. The molecule has 0 aliphatic carbocycles. The number of rotatable bonds is 5. The smallest absolute Gasteiger partial charge is 0.256 e. The number of nitrogen functional groups attached to an aromatic ring is 1. The number of hydrogen-bond donors (Lipinski definition) is 3. The lowest BCUT2D eigenvalue weighted by Crippen LogP contribution is -2.26. The number of carbonyl (C=O) groups excluding carboxylic acids is 1. The Morgan fingerprint density at radius 3 is 3.00 bits per heavy atom. The maximum atomic E-state index is 11.8. The number of aliphatic hydroxyl groups is 1. The molecule has 0 fully saturated rings. The molecule has 100 valence electrons. The Morgan fingerprint density at radius 1 is 1.53 bits per heavy atom. The summed E-state index contributed by atoms with van der Waals surface area (Å²) in [6.07, 6.45) is 3.34. The van der Waals surface area contributed by atoms with Crippen LogP contribution in [0.3, 0.4) is 0 Å². The zero-order valence-corrected chi connectivity index (χ0v) is 10.2. The Bertz CT molecular complexity index is 554. The van der Waals surface area contributed by atoms with E-state index in [-0.39, 0.29) is 23.9 Å². The molecule has 0 saturated carbocycles. The molecule has 19 heavy (non-hydrogen) atoms. The van der Waals surface area contributed by atoms with Crippen molar-refractivity contribution < 1.29 is 14.3 Å². The second-order valence-corrected chi connectivity index (χ2v) is 3.80. The molecular weight excluding hydrogens is 248 g/mol. The largest absolute Gasteiger partial charge is 0.461 e. The van der Waals surface area contributed by atoms with Crippen molar-refractivity contribution in [1.29, 1.82) is 0 Å². The summed E-state index contributed by atoms with van der Waals surface area (Å²) in [4.78, 5) is 19.8. The van der Waals surface area contributed by atoms with Crippen LogP contribution in [-0.4, -0.2) is 34.1 Å². The second kappa shape index (κ2) is 5.96. The van der Waals surface area contributed by atoms with Crippen LogP contribution in [0.25, 0.3) is 11.6 Å². The minimum absolute atomic E-state index is 0.0176. The third-order valence-electron chi connectivity index (χ3n) is 2.42. The summed E-state index contributed by atoms with van der Waals surface area (Å²) in [5.74, 6) is 0.535. The van der Waals surface area contributed by atoms with Crippen LogP contribution in [0.2, 0.25) is 0 Å². The van der Waals surface area contributed by atoms with Gasteiger partial charge in [-0.1, -0.05) is 0 Å². The van der Waals surface area contributed by atoms with E-state index in [1.165, 1.54) is 12.5 Å². The molecule has 2 rings (SSSR count). The maximum Gasteiger partial charge on any atom is 0.256 e. The lowest BCUT2D eigenvalue weighted by molar-refractivity contribution is 0.0951. The topological polar surface area (TPSA) is 114 Å². The number of carbonyl (C=O) groups is 1. The molecule has 0 bridgehead atoms. The number of furan rings is 1. The monoisotopic (exact) mass is 262 g/mol. The highest BCUT2D eigenvalue weighted by Gasteiger charge is 2.13. The summed E-state index contributed by atoms with van der Waals surface area (Å²) in [5, 5.41) is 11.2. The lowest BCUT2D eigenvalue weighted by Gasteiger charge is -2.06. The van der Waals surface area contributed by atoms with Gasteiger partial charge in [-0.3, -0.25) is 4.79 Å². The number of hydrogen-bond acceptors (Lipinski definition) is 6. The Hall–Kier alpha value is -2.41. The van der Waals surface area contributed by atoms with E-state index >= 15 is 0 Å². The Morgan fingerprint density at radius 2 is 2.37 bits per heavy atom. The minimum Gasteiger partial charge on any atom is -0.461 e. The fourth-order valence-electron chi connectivity index (χ4n) is 1.47. The number of aromatic nitrogens is 2. The summed E-state index contributed by atoms with van der Waals surface area (Å²) >= 11 is 0. The fraction of sp³-hybridized carbons (Fsp3) is 0.250. The normalized spacial score (nSPS) is 10.4. The summed E-state index contributed by atoms with van der Waals surface area (Å²) in [6.45, 7) is 0.387. The van der Waals surface area contributed by atoms with Crippen molar-refractivity contribution in [3.63, 3.8) is 0 Å². The van der Waals surface area contributed by atoms with Crippen LogP contribution in [0.5, 0.6) is 0 Å². The fourth-order valence-corrected chi connectivity index (χ4v) is 1.47. The van der Waals surface area contributed by atoms with E-state index in [1.807, 2.05) is 0 Å². The molecule has 7 heteroatoms. The van der Waals surface area contributed by atoms with Gasteiger partial charge in [0.05, 0.1) is 11.8 Å². The summed E-state index contributed by atoms with van der Waals surface area (Å²) in [5.41, 5.74) is 5.93. The third kappa shape index (κ3) is 3.08. The molecule has 2 heterocycles. The van der Waals surface area contributed by atoms with Gasteiger partial charge in [-0.2, -0.15) is 0 Å². The predicted octanol–water partition coefficient (Wildman–Crippen LogP) is 0.431. The number of aliphatic hydroxyl groups excluding tert-OH is 1. The van der Waals surface area contributed by atoms with Crippen molar-refractivity contribution in [2.75, 3.05) is 18.9 Å². The summed E-state index contributed by atoms with van der Waals surface area (Å²) in [6, 6.07) is 3.42. The maximum absolute atomic E-state index is 11.8. The second-order valence-electron chi connectivity index (χ2n) is 3.80. The Kier molecular flexibility index (Phi) is 4.09.